The minimum atomic E-state index is -0.633. The second kappa shape index (κ2) is 5.94. The number of rotatable bonds is 4. The van der Waals surface area contributed by atoms with Crippen molar-refractivity contribution in [3.05, 3.63) is 16.4 Å². The molecule has 21 heavy (non-hydrogen) atoms. The first-order valence-electron chi connectivity index (χ1n) is 6.92. The van der Waals surface area contributed by atoms with E-state index in [9.17, 15) is 4.79 Å². The third kappa shape index (κ3) is 3.56. The average molecular weight is 317 g/mol. The summed E-state index contributed by atoms with van der Waals surface area (Å²) >= 11 is 6.14. The van der Waals surface area contributed by atoms with E-state index in [4.69, 9.17) is 25.8 Å². The molecule has 2 heterocycles. The first kappa shape index (κ1) is 16.3. The fourth-order valence-electron chi connectivity index (χ4n) is 2.20. The molecule has 118 valence electrons. The van der Waals surface area contributed by atoms with E-state index in [1.807, 2.05) is 27.7 Å². The third-order valence-corrected chi connectivity index (χ3v) is 3.66. The maximum atomic E-state index is 12.3. The molecular weight excluding hydrogens is 296 g/mol. The van der Waals surface area contributed by atoms with E-state index in [0.29, 0.717) is 17.9 Å². The zero-order valence-electron chi connectivity index (χ0n) is 13.0. The van der Waals surface area contributed by atoms with Gasteiger partial charge in [-0.05, 0) is 19.8 Å². The highest BCUT2D eigenvalue weighted by atomic mass is 35.5. The van der Waals surface area contributed by atoms with Crippen LogP contribution in [0.3, 0.4) is 0 Å². The van der Waals surface area contributed by atoms with Crippen molar-refractivity contribution in [2.45, 2.75) is 45.5 Å². The van der Waals surface area contributed by atoms with Gasteiger partial charge >= 0.3 is 5.97 Å². The van der Waals surface area contributed by atoms with E-state index < -0.39 is 11.8 Å². The number of hydrogen-bond donors (Lipinski definition) is 0. The second-order valence-electron chi connectivity index (χ2n) is 5.88. The van der Waals surface area contributed by atoms with E-state index in [1.165, 1.54) is 4.68 Å². The molecule has 1 aromatic rings. The molecule has 1 saturated heterocycles. The Labute approximate surface area is 129 Å². The highest BCUT2D eigenvalue weighted by Crippen LogP contribution is 2.27. The lowest BCUT2D eigenvalue weighted by atomic mass is 10.1. The van der Waals surface area contributed by atoms with Crippen LogP contribution < -0.4 is 0 Å². The number of ether oxygens (including phenoxy) is 3. The van der Waals surface area contributed by atoms with Crippen LogP contribution in [0.25, 0.3) is 0 Å². The number of halogens is 1. The number of hydrogen-bond acceptors (Lipinski definition) is 5. The average Bonchev–Trinajstić information content (AvgIpc) is 2.88. The number of carbonyl (C=O) groups excluding carboxylic acids is 1. The number of carbonyl (C=O) groups is 1. The molecule has 0 radical (unpaired) electrons. The van der Waals surface area contributed by atoms with Gasteiger partial charge in [-0.3, -0.25) is 4.68 Å². The lowest BCUT2D eigenvalue weighted by Gasteiger charge is -2.17. The molecule has 0 spiro atoms. The standard InChI is InChI=1S/C14H21ClN2O4/c1-8(2)11-10(12(15)17(5)16-11)13(18)19-6-9-7-20-14(3,4)21-9/h8-9H,6-7H2,1-5H3/t9-/m0/s1. The highest BCUT2D eigenvalue weighted by molar-refractivity contribution is 6.32. The fourth-order valence-corrected chi connectivity index (χ4v) is 2.41. The zero-order chi connectivity index (χ0) is 15.8. The first-order valence-corrected chi connectivity index (χ1v) is 7.30. The Morgan fingerprint density at radius 1 is 1.57 bits per heavy atom. The highest BCUT2D eigenvalue weighted by Gasteiger charge is 2.34. The fraction of sp³-hybridized carbons (Fsp3) is 0.714. The van der Waals surface area contributed by atoms with Crippen LogP contribution in [0.5, 0.6) is 0 Å². The van der Waals surface area contributed by atoms with Crippen molar-refractivity contribution < 1.29 is 19.0 Å². The van der Waals surface area contributed by atoms with E-state index in [0.717, 1.165) is 0 Å². The topological polar surface area (TPSA) is 62.6 Å². The van der Waals surface area contributed by atoms with Gasteiger partial charge in [-0.2, -0.15) is 5.10 Å². The van der Waals surface area contributed by atoms with Crippen molar-refractivity contribution >= 4 is 17.6 Å². The van der Waals surface area contributed by atoms with Crippen LogP contribution >= 0.6 is 11.6 Å². The monoisotopic (exact) mass is 316 g/mol. The normalized spacial score (nSPS) is 21.0. The molecule has 0 aromatic carbocycles. The summed E-state index contributed by atoms with van der Waals surface area (Å²) in [5.41, 5.74) is 0.962. The molecule has 1 aliphatic rings. The van der Waals surface area contributed by atoms with Gasteiger partial charge in [0.05, 0.1) is 12.3 Å². The van der Waals surface area contributed by atoms with Gasteiger partial charge < -0.3 is 14.2 Å². The summed E-state index contributed by atoms with van der Waals surface area (Å²) < 4.78 is 17.8. The van der Waals surface area contributed by atoms with Gasteiger partial charge in [-0.1, -0.05) is 25.4 Å². The molecule has 6 nitrogen and oxygen atoms in total. The number of aromatic nitrogens is 2. The van der Waals surface area contributed by atoms with Gasteiger partial charge in [0.1, 0.15) is 23.4 Å². The van der Waals surface area contributed by atoms with Crippen molar-refractivity contribution in [1.29, 1.82) is 0 Å². The molecule has 0 amide bonds. The van der Waals surface area contributed by atoms with E-state index in [-0.39, 0.29) is 23.8 Å². The lowest BCUT2D eigenvalue weighted by molar-refractivity contribution is -0.142. The van der Waals surface area contributed by atoms with Crippen molar-refractivity contribution in [3.8, 4) is 0 Å². The maximum Gasteiger partial charge on any atom is 0.343 e. The second-order valence-corrected chi connectivity index (χ2v) is 6.24. The Balaban J connectivity index is 2.04. The molecule has 0 bridgehead atoms. The van der Waals surface area contributed by atoms with Crippen LogP contribution in [-0.2, 0) is 21.3 Å². The number of esters is 1. The van der Waals surface area contributed by atoms with Crippen LogP contribution in [0.4, 0.5) is 0 Å². The predicted molar refractivity (Wildman–Crippen MR) is 77.5 cm³/mol. The summed E-state index contributed by atoms with van der Waals surface area (Å²) in [7, 11) is 1.70. The minimum absolute atomic E-state index is 0.0799. The van der Waals surface area contributed by atoms with Gasteiger partial charge in [0, 0.05) is 7.05 Å². The molecule has 2 rings (SSSR count). The Bertz CT molecular complexity index is 539. The van der Waals surface area contributed by atoms with Gasteiger partial charge in [0.25, 0.3) is 0 Å². The van der Waals surface area contributed by atoms with E-state index in [1.54, 1.807) is 7.05 Å². The Kier molecular flexibility index (Phi) is 4.60. The predicted octanol–water partition coefficient (Wildman–Crippen LogP) is 2.51. The Hall–Kier alpha value is -1.11. The molecule has 1 atom stereocenters. The summed E-state index contributed by atoms with van der Waals surface area (Å²) in [6.45, 7) is 8.08. The molecule has 0 unspecified atom stereocenters. The first-order chi connectivity index (χ1) is 9.71. The quantitative estimate of drug-likeness (QED) is 0.799. The number of nitrogens with zero attached hydrogens (tertiary/aromatic N) is 2. The molecule has 0 aliphatic carbocycles. The summed E-state index contributed by atoms with van der Waals surface area (Å²) in [6, 6.07) is 0. The van der Waals surface area contributed by atoms with Crippen molar-refractivity contribution in [1.82, 2.24) is 9.78 Å². The molecular formula is C14H21ClN2O4. The van der Waals surface area contributed by atoms with Gasteiger partial charge in [0.15, 0.2) is 5.79 Å². The van der Waals surface area contributed by atoms with Crippen molar-refractivity contribution in [3.63, 3.8) is 0 Å². The molecule has 1 aliphatic heterocycles. The van der Waals surface area contributed by atoms with Crippen LogP contribution in [0.2, 0.25) is 5.15 Å². The zero-order valence-corrected chi connectivity index (χ0v) is 13.7. The summed E-state index contributed by atoms with van der Waals surface area (Å²) in [5.74, 6) is -1.03. The molecule has 1 aromatic heterocycles. The van der Waals surface area contributed by atoms with E-state index >= 15 is 0 Å². The maximum absolute atomic E-state index is 12.3. The van der Waals surface area contributed by atoms with Crippen LogP contribution in [-0.4, -0.2) is 40.9 Å². The summed E-state index contributed by atoms with van der Waals surface area (Å²) in [4.78, 5) is 12.3. The third-order valence-electron chi connectivity index (χ3n) is 3.22. The smallest absolute Gasteiger partial charge is 0.343 e. The van der Waals surface area contributed by atoms with Gasteiger partial charge in [-0.25, -0.2) is 4.79 Å². The molecule has 0 N–H and O–H groups in total. The Morgan fingerprint density at radius 2 is 2.24 bits per heavy atom. The van der Waals surface area contributed by atoms with Crippen LogP contribution in [0, 0.1) is 0 Å². The van der Waals surface area contributed by atoms with Crippen LogP contribution in [0.15, 0.2) is 0 Å². The van der Waals surface area contributed by atoms with Crippen molar-refractivity contribution in [2.75, 3.05) is 13.2 Å². The van der Waals surface area contributed by atoms with Crippen molar-refractivity contribution in [2.24, 2.45) is 7.05 Å². The minimum Gasteiger partial charge on any atom is -0.459 e. The number of aryl methyl sites for hydroxylation is 1. The van der Waals surface area contributed by atoms with Gasteiger partial charge in [-0.15, -0.1) is 0 Å². The summed E-state index contributed by atoms with van der Waals surface area (Å²) in [6.07, 6.45) is -0.262. The SMILES string of the molecule is CC(C)c1nn(C)c(Cl)c1C(=O)OC[C@H]1COC(C)(C)O1. The molecule has 1 fully saturated rings. The molecule has 0 saturated carbocycles. The largest absolute Gasteiger partial charge is 0.459 e. The van der Waals surface area contributed by atoms with E-state index in [2.05, 4.69) is 5.10 Å². The summed E-state index contributed by atoms with van der Waals surface area (Å²) in [5, 5.41) is 4.55. The van der Waals surface area contributed by atoms with Gasteiger partial charge in [0.2, 0.25) is 0 Å². The molecule has 7 heteroatoms. The lowest BCUT2D eigenvalue weighted by Crippen LogP contribution is -2.25. The Morgan fingerprint density at radius 3 is 2.76 bits per heavy atom. The van der Waals surface area contributed by atoms with Crippen LogP contribution in [0.1, 0.15) is 49.7 Å².